The van der Waals surface area contributed by atoms with E-state index < -0.39 is 23.2 Å². The first-order chi connectivity index (χ1) is 12.0. The molecule has 0 aliphatic heterocycles. The second kappa shape index (κ2) is 9.37. The van der Waals surface area contributed by atoms with E-state index in [4.69, 9.17) is 14.2 Å². The van der Waals surface area contributed by atoms with Gasteiger partial charge in [0.25, 0.3) is 0 Å². The second-order valence-corrected chi connectivity index (χ2v) is 8.04. The fourth-order valence-corrected chi connectivity index (χ4v) is 2.67. The third kappa shape index (κ3) is 6.29. The number of hydrogen-bond acceptors (Lipinski definition) is 5. The lowest BCUT2D eigenvalue weighted by atomic mass is 9.91. The maximum Gasteiger partial charge on any atom is 0.413 e. The number of benzene rings is 1. The molecule has 0 saturated carbocycles. The van der Waals surface area contributed by atoms with Crippen molar-refractivity contribution in [1.29, 1.82) is 0 Å². The quantitative estimate of drug-likeness (QED) is 0.480. The lowest BCUT2D eigenvalue weighted by molar-refractivity contribution is -0.159. The number of methoxy groups -OCH3 is 1. The molecule has 1 rings (SSSR count). The van der Waals surface area contributed by atoms with Crippen LogP contribution in [0.2, 0.25) is 0 Å². The zero-order valence-electron chi connectivity index (χ0n) is 16.3. The van der Waals surface area contributed by atoms with Crippen LogP contribution in [0.4, 0.5) is 4.79 Å². The molecule has 0 aromatic heterocycles. The predicted octanol–water partition coefficient (Wildman–Crippen LogP) is 4.15. The Balaban J connectivity index is 3.26. The molecule has 0 unspecified atom stereocenters. The molecular formula is C19H28BrNO5. The van der Waals surface area contributed by atoms with Gasteiger partial charge in [-0.05, 0) is 52.3 Å². The van der Waals surface area contributed by atoms with Gasteiger partial charge in [-0.2, -0.15) is 0 Å². The average Bonchev–Trinajstić information content (AvgIpc) is 2.53. The smallest absolute Gasteiger partial charge is 0.413 e. The molecule has 1 atom stereocenters. The topological polar surface area (TPSA) is 65.1 Å². The zero-order chi connectivity index (χ0) is 20.0. The number of nitrogens with zero attached hydrogens (tertiary/aromatic N) is 1. The van der Waals surface area contributed by atoms with Crippen molar-refractivity contribution < 1.29 is 23.8 Å². The minimum absolute atomic E-state index is 0.0965. The van der Waals surface area contributed by atoms with E-state index in [2.05, 4.69) is 15.9 Å². The van der Waals surface area contributed by atoms with Gasteiger partial charge in [-0.15, -0.1) is 0 Å². The van der Waals surface area contributed by atoms with Crippen LogP contribution in [-0.2, 0) is 25.4 Å². The first-order valence-corrected chi connectivity index (χ1v) is 9.24. The molecule has 1 amide bonds. The Labute approximate surface area is 163 Å². The number of hydrogen-bond donors (Lipinski definition) is 0. The Bertz CT molecular complexity index is 611. The summed E-state index contributed by atoms with van der Waals surface area (Å²) in [5.74, 6) is -0.508. The Kier molecular flexibility index (Phi) is 8.09. The van der Waals surface area contributed by atoms with Gasteiger partial charge in [-0.3, -0.25) is 4.90 Å². The molecule has 0 heterocycles. The summed E-state index contributed by atoms with van der Waals surface area (Å²) >= 11 is 3.39. The van der Waals surface area contributed by atoms with E-state index in [9.17, 15) is 9.59 Å². The molecule has 26 heavy (non-hydrogen) atoms. The highest BCUT2D eigenvalue weighted by molar-refractivity contribution is 9.10. The molecule has 0 fully saturated rings. The van der Waals surface area contributed by atoms with Crippen LogP contribution in [0.1, 0.15) is 40.2 Å². The van der Waals surface area contributed by atoms with Gasteiger partial charge in [0.05, 0.1) is 6.61 Å². The highest BCUT2D eigenvalue weighted by Gasteiger charge is 2.45. The first kappa shape index (κ1) is 22.4. The van der Waals surface area contributed by atoms with E-state index in [1.54, 1.807) is 34.6 Å². The Morgan fingerprint density at radius 3 is 2.15 bits per heavy atom. The molecule has 0 aliphatic carbocycles. The summed E-state index contributed by atoms with van der Waals surface area (Å²) < 4.78 is 16.8. The van der Waals surface area contributed by atoms with E-state index >= 15 is 0 Å². The van der Waals surface area contributed by atoms with Crippen LogP contribution in [0, 0.1) is 0 Å². The zero-order valence-corrected chi connectivity index (χ0v) is 17.9. The Hall–Kier alpha value is -1.60. The van der Waals surface area contributed by atoms with Crippen LogP contribution >= 0.6 is 15.9 Å². The summed E-state index contributed by atoms with van der Waals surface area (Å²) in [7, 11) is 1.46. The fourth-order valence-electron chi connectivity index (χ4n) is 2.41. The number of halogens is 1. The normalized spacial score (nSPS) is 13.7. The molecule has 0 spiro atoms. The van der Waals surface area contributed by atoms with Crippen LogP contribution in [0.15, 0.2) is 28.7 Å². The van der Waals surface area contributed by atoms with Gasteiger partial charge < -0.3 is 14.2 Å². The fraction of sp³-hybridized carbons (Fsp3) is 0.579. The van der Waals surface area contributed by atoms with Crippen molar-refractivity contribution in [3.8, 4) is 0 Å². The van der Waals surface area contributed by atoms with Crippen molar-refractivity contribution in [3.63, 3.8) is 0 Å². The van der Waals surface area contributed by atoms with Crippen LogP contribution in [0.3, 0.4) is 0 Å². The Morgan fingerprint density at radius 2 is 1.69 bits per heavy atom. The SMILES string of the molecule is CCOC(=O)[C@](C)(Cc1ccc(Br)cc1)N(COC)C(=O)OC(C)(C)C. The molecule has 6 nitrogen and oxygen atoms in total. The van der Waals surface area contributed by atoms with Crippen LogP contribution in [0.5, 0.6) is 0 Å². The van der Waals surface area contributed by atoms with E-state index in [0.717, 1.165) is 10.0 Å². The number of carbonyl (C=O) groups excluding carboxylic acids is 2. The van der Waals surface area contributed by atoms with E-state index in [1.807, 2.05) is 24.3 Å². The maximum absolute atomic E-state index is 12.8. The molecule has 7 heteroatoms. The summed E-state index contributed by atoms with van der Waals surface area (Å²) in [5, 5.41) is 0. The summed E-state index contributed by atoms with van der Waals surface area (Å²) in [6.07, 6.45) is -0.367. The van der Waals surface area contributed by atoms with Gasteiger partial charge in [-0.25, -0.2) is 9.59 Å². The highest BCUT2D eigenvalue weighted by Crippen LogP contribution is 2.26. The molecule has 1 aromatic carbocycles. The van der Waals surface area contributed by atoms with Crippen molar-refractivity contribution in [2.75, 3.05) is 20.4 Å². The van der Waals surface area contributed by atoms with Gasteiger partial charge in [0.2, 0.25) is 0 Å². The third-order valence-corrected chi connectivity index (χ3v) is 4.17. The van der Waals surface area contributed by atoms with Crippen LogP contribution < -0.4 is 0 Å². The lowest BCUT2D eigenvalue weighted by Crippen LogP contribution is -2.58. The van der Waals surface area contributed by atoms with Crippen molar-refractivity contribution in [2.45, 2.75) is 52.2 Å². The average molecular weight is 430 g/mol. The minimum Gasteiger partial charge on any atom is -0.464 e. The molecule has 1 aromatic rings. The largest absolute Gasteiger partial charge is 0.464 e. The summed E-state index contributed by atoms with van der Waals surface area (Å²) in [5.41, 5.74) is -1.09. The highest BCUT2D eigenvalue weighted by atomic mass is 79.9. The van der Waals surface area contributed by atoms with E-state index in [0.29, 0.717) is 0 Å². The van der Waals surface area contributed by atoms with Gasteiger partial charge in [-0.1, -0.05) is 28.1 Å². The molecule has 0 N–H and O–H groups in total. The van der Waals surface area contributed by atoms with Crippen LogP contribution in [0.25, 0.3) is 0 Å². The summed E-state index contributed by atoms with van der Waals surface area (Å²) in [6, 6.07) is 7.55. The number of carbonyl (C=O) groups is 2. The Morgan fingerprint density at radius 1 is 1.12 bits per heavy atom. The monoisotopic (exact) mass is 429 g/mol. The van der Waals surface area contributed by atoms with Crippen molar-refractivity contribution in [1.82, 2.24) is 4.90 Å². The van der Waals surface area contributed by atoms with Gasteiger partial charge in [0, 0.05) is 18.0 Å². The van der Waals surface area contributed by atoms with Crippen molar-refractivity contribution >= 4 is 28.0 Å². The number of esters is 1. The third-order valence-electron chi connectivity index (χ3n) is 3.64. The first-order valence-electron chi connectivity index (χ1n) is 8.44. The summed E-state index contributed by atoms with van der Waals surface area (Å²) in [6.45, 7) is 8.82. The molecule has 146 valence electrons. The molecule has 0 saturated heterocycles. The maximum atomic E-state index is 12.8. The molecule has 0 bridgehead atoms. The number of amides is 1. The standard InChI is InChI=1S/C19H28BrNO5/c1-7-25-16(22)19(5,12-14-8-10-15(20)11-9-14)21(13-24-6)17(23)26-18(2,3)4/h8-11H,7,12-13H2,1-6H3/t19-/m0/s1. The van der Waals surface area contributed by atoms with Crippen molar-refractivity contribution in [3.05, 3.63) is 34.3 Å². The minimum atomic E-state index is -1.28. The predicted molar refractivity (Wildman–Crippen MR) is 103 cm³/mol. The molecule has 0 radical (unpaired) electrons. The van der Waals surface area contributed by atoms with Crippen LogP contribution in [-0.4, -0.2) is 48.5 Å². The number of rotatable bonds is 7. The second-order valence-electron chi connectivity index (χ2n) is 7.12. The van der Waals surface area contributed by atoms with Gasteiger partial charge >= 0.3 is 12.1 Å². The van der Waals surface area contributed by atoms with Gasteiger partial charge in [0.1, 0.15) is 17.9 Å². The van der Waals surface area contributed by atoms with Crippen molar-refractivity contribution in [2.24, 2.45) is 0 Å². The molecular weight excluding hydrogens is 402 g/mol. The number of ether oxygens (including phenoxy) is 3. The lowest BCUT2D eigenvalue weighted by Gasteiger charge is -2.39. The van der Waals surface area contributed by atoms with E-state index in [1.165, 1.54) is 12.0 Å². The van der Waals surface area contributed by atoms with E-state index in [-0.39, 0.29) is 19.8 Å². The molecule has 0 aliphatic rings. The van der Waals surface area contributed by atoms with Gasteiger partial charge in [0.15, 0.2) is 0 Å². The summed E-state index contributed by atoms with van der Waals surface area (Å²) in [4.78, 5) is 26.8.